The Kier molecular flexibility index (Phi) is 4.16. The molecule has 0 saturated heterocycles. The van der Waals surface area contributed by atoms with Crippen LogP contribution in [-0.2, 0) is 12.8 Å². The molecular formula is C20H14F2N4O. The molecule has 1 aromatic heterocycles. The molecule has 1 aliphatic carbocycles. The van der Waals surface area contributed by atoms with Crippen LogP contribution in [0.1, 0.15) is 33.7 Å². The zero-order chi connectivity index (χ0) is 19.0. The molecule has 0 bridgehead atoms. The number of halogens is 2. The highest BCUT2D eigenvalue weighted by molar-refractivity contribution is 6.04. The normalized spacial score (nSPS) is 12.5. The fourth-order valence-corrected chi connectivity index (χ4v) is 3.32. The fraction of sp³-hybridized carbons (Fsp3) is 0.150. The lowest BCUT2D eigenvalue weighted by Gasteiger charge is -2.07. The minimum Gasteiger partial charge on any atom is -0.321 e. The summed E-state index contributed by atoms with van der Waals surface area (Å²) in [6, 6.07) is 11.8. The topological polar surface area (TPSA) is 70.7 Å². The minimum absolute atomic E-state index is 0.157. The molecule has 0 atom stereocenters. The summed E-state index contributed by atoms with van der Waals surface area (Å²) in [4.78, 5) is 12.7. The van der Waals surface area contributed by atoms with Gasteiger partial charge in [-0.05, 0) is 49.6 Å². The third-order valence-corrected chi connectivity index (χ3v) is 4.57. The monoisotopic (exact) mass is 364 g/mol. The van der Waals surface area contributed by atoms with Gasteiger partial charge < -0.3 is 5.32 Å². The number of aromatic nitrogens is 2. The third-order valence-electron chi connectivity index (χ3n) is 4.57. The first-order chi connectivity index (χ1) is 13.1. The largest absolute Gasteiger partial charge is 0.321 e. The molecule has 0 spiro atoms. The number of carbonyl (C=O) groups is 1. The molecule has 3 aromatic rings. The minimum atomic E-state index is -0.653. The lowest BCUT2D eigenvalue weighted by molar-refractivity contribution is 0.102. The number of fused-ring (bicyclic) bond motifs is 1. The quantitative estimate of drug-likeness (QED) is 0.769. The van der Waals surface area contributed by atoms with E-state index in [-0.39, 0.29) is 11.3 Å². The van der Waals surface area contributed by atoms with Crippen LogP contribution in [0.25, 0.3) is 5.69 Å². The summed E-state index contributed by atoms with van der Waals surface area (Å²) in [6.45, 7) is 0. The van der Waals surface area contributed by atoms with Crippen molar-refractivity contribution in [3.63, 3.8) is 0 Å². The standard InChI is InChI=1S/C20H14F2N4O/c21-15-9-8-13(10-12(15)11-23)24-20(27)19-14-4-3-7-17(14)26(25-19)18-6-2-1-5-16(18)22/h1-2,5-6,8-10H,3-4,7H2,(H,24,27). The van der Waals surface area contributed by atoms with E-state index in [1.807, 2.05) is 0 Å². The molecule has 27 heavy (non-hydrogen) atoms. The smallest absolute Gasteiger partial charge is 0.276 e. The van der Waals surface area contributed by atoms with E-state index in [9.17, 15) is 13.6 Å². The number of hydrogen-bond acceptors (Lipinski definition) is 3. The van der Waals surface area contributed by atoms with Crippen molar-refractivity contribution < 1.29 is 13.6 Å². The Morgan fingerprint density at radius 2 is 1.96 bits per heavy atom. The summed E-state index contributed by atoms with van der Waals surface area (Å²) in [5, 5.41) is 15.9. The van der Waals surface area contributed by atoms with E-state index in [1.165, 1.54) is 22.9 Å². The van der Waals surface area contributed by atoms with E-state index in [1.54, 1.807) is 24.3 Å². The zero-order valence-electron chi connectivity index (χ0n) is 14.2. The number of rotatable bonds is 3. The molecule has 0 fully saturated rings. The number of benzene rings is 2. The first-order valence-electron chi connectivity index (χ1n) is 8.45. The van der Waals surface area contributed by atoms with Crippen LogP contribution in [0.15, 0.2) is 42.5 Å². The molecule has 4 rings (SSSR count). The molecular weight excluding hydrogens is 350 g/mol. The van der Waals surface area contributed by atoms with E-state index < -0.39 is 17.5 Å². The van der Waals surface area contributed by atoms with Gasteiger partial charge >= 0.3 is 0 Å². The number of carbonyl (C=O) groups excluding carboxylic acids is 1. The molecule has 1 aliphatic rings. The van der Waals surface area contributed by atoms with Gasteiger partial charge in [0.05, 0.1) is 5.56 Å². The number of nitrogens with zero attached hydrogens (tertiary/aromatic N) is 3. The second-order valence-corrected chi connectivity index (χ2v) is 6.25. The van der Waals surface area contributed by atoms with Crippen molar-refractivity contribution in [3.05, 3.63) is 76.6 Å². The molecule has 134 valence electrons. The molecule has 7 heteroatoms. The maximum atomic E-state index is 14.2. The first kappa shape index (κ1) is 16.9. The van der Waals surface area contributed by atoms with Crippen molar-refractivity contribution in [1.82, 2.24) is 9.78 Å². The van der Waals surface area contributed by atoms with Gasteiger partial charge in [0.25, 0.3) is 5.91 Å². The lowest BCUT2D eigenvalue weighted by atomic mass is 10.1. The molecule has 1 heterocycles. The van der Waals surface area contributed by atoms with E-state index in [0.29, 0.717) is 24.2 Å². The summed E-state index contributed by atoms with van der Waals surface area (Å²) in [7, 11) is 0. The second kappa shape index (κ2) is 6.65. The van der Waals surface area contributed by atoms with Crippen molar-refractivity contribution in [3.8, 4) is 11.8 Å². The maximum Gasteiger partial charge on any atom is 0.276 e. The Hall–Kier alpha value is -3.53. The summed E-state index contributed by atoms with van der Waals surface area (Å²) in [5.41, 5.74) is 2.26. The zero-order valence-corrected chi connectivity index (χ0v) is 14.2. The lowest BCUT2D eigenvalue weighted by Crippen LogP contribution is -2.15. The van der Waals surface area contributed by atoms with Gasteiger partial charge in [0, 0.05) is 16.9 Å². The van der Waals surface area contributed by atoms with Crippen LogP contribution in [0.5, 0.6) is 0 Å². The van der Waals surface area contributed by atoms with Crippen molar-refractivity contribution in [2.75, 3.05) is 5.32 Å². The summed E-state index contributed by atoms with van der Waals surface area (Å²) < 4.78 is 29.1. The predicted octanol–water partition coefficient (Wildman–Crippen LogP) is 3.76. The van der Waals surface area contributed by atoms with Gasteiger partial charge in [-0.15, -0.1) is 0 Å². The molecule has 1 amide bonds. The second-order valence-electron chi connectivity index (χ2n) is 6.25. The van der Waals surface area contributed by atoms with Crippen molar-refractivity contribution >= 4 is 11.6 Å². The molecule has 0 radical (unpaired) electrons. The van der Waals surface area contributed by atoms with Crippen molar-refractivity contribution in [2.45, 2.75) is 19.3 Å². The predicted molar refractivity (Wildman–Crippen MR) is 94.6 cm³/mol. The van der Waals surface area contributed by atoms with Gasteiger partial charge in [-0.2, -0.15) is 10.4 Å². The van der Waals surface area contributed by atoms with Gasteiger partial charge in [0.1, 0.15) is 23.4 Å². The summed E-state index contributed by atoms with van der Waals surface area (Å²) in [5.74, 6) is -1.54. The molecule has 0 aliphatic heterocycles. The number of para-hydroxylation sites is 1. The van der Waals surface area contributed by atoms with Gasteiger partial charge in [0.2, 0.25) is 0 Å². The van der Waals surface area contributed by atoms with Crippen LogP contribution < -0.4 is 5.32 Å². The average molecular weight is 364 g/mol. The number of nitrogens with one attached hydrogen (secondary N) is 1. The summed E-state index contributed by atoms with van der Waals surface area (Å²) in [6.07, 6.45) is 2.25. The van der Waals surface area contributed by atoms with Crippen LogP contribution in [0, 0.1) is 23.0 Å². The number of amides is 1. The number of hydrogen-bond donors (Lipinski definition) is 1. The highest BCUT2D eigenvalue weighted by atomic mass is 19.1. The van der Waals surface area contributed by atoms with Gasteiger partial charge in [-0.1, -0.05) is 12.1 Å². The first-order valence-corrected chi connectivity index (χ1v) is 8.45. The molecule has 0 saturated carbocycles. The van der Waals surface area contributed by atoms with E-state index in [0.717, 1.165) is 23.7 Å². The van der Waals surface area contributed by atoms with Gasteiger partial charge in [-0.25, -0.2) is 13.5 Å². The fourth-order valence-electron chi connectivity index (χ4n) is 3.32. The van der Waals surface area contributed by atoms with E-state index in [4.69, 9.17) is 5.26 Å². The van der Waals surface area contributed by atoms with Crippen LogP contribution in [0.3, 0.4) is 0 Å². The Labute approximate surface area is 153 Å². The van der Waals surface area contributed by atoms with E-state index in [2.05, 4.69) is 10.4 Å². The van der Waals surface area contributed by atoms with Crippen molar-refractivity contribution in [1.29, 1.82) is 5.26 Å². The van der Waals surface area contributed by atoms with Crippen LogP contribution in [0.2, 0.25) is 0 Å². The Bertz CT molecular complexity index is 1100. The SMILES string of the molecule is N#Cc1cc(NC(=O)c2nn(-c3ccccc3F)c3c2CCC3)ccc1F. The van der Waals surface area contributed by atoms with E-state index >= 15 is 0 Å². The molecule has 0 unspecified atom stereocenters. The number of nitriles is 1. The Morgan fingerprint density at radius 1 is 1.15 bits per heavy atom. The van der Waals surface area contributed by atoms with Gasteiger partial charge in [-0.3, -0.25) is 4.79 Å². The molecule has 1 N–H and O–H groups in total. The third kappa shape index (κ3) is 2.95. The molecule has 2 aromatic carbocycles. The van der Waals surface area contributed by atoms with Crippen LogP contribution in [-0.4, -0.2) is 15.7 Å². The van der Waals surface area contributed by atoms with Crippen LogP contribution >= 0.6 is 0 Å². The number of anilines is 1. The Balaban J connectivity index is 1.71. The van der Waals surface area contributed by atoms with Gasteiger partial charge in [0.15, 0.2) is 5.69 Å². The molecule has 5 nitrogen and oxygen atoms in total. The van der Waals surface area contributed by atoms with Crippen molar-refractivity contribution in [2.24, 2.45) is 0 Å². The highest BCUT2D eigenvalue weighted by Gasteiger charge is 2.27. The highest BCUT2D eigenvalue weighted by Crippen LogP contribution is 2.29. The maximum absolute atomic E-state index is 14.2. The Morgan fingerprint density at radius 3 is 2.74 bits per heavy atom. The van der Waals surface area contributed by atoms with Crippen LogP contribution in [0.4, 0.5) is 14.5 Å². The average Bonchev–Trinajstić information content (AvgIpc) is 3.26. The summed E-state index contributed by atoms with van der Waals surface area (Å²) >= 11 is 0.